The van der Waals surface area contributed by atoms with Crippen LogP contribution in [0.4, 0.5) is 11.6 Å². The number of nitrogens with zero attached hydrogens (tertiary/aromatic N) is 3. The monoisotopic (exact) mass is 291 g/mol. The average molecular weight is 291 g/mol. The first-order valence-corrected chi connectivity index (χ1v) is 7.65. The Kier molecular flexibility index (Phi) is 4.92. The summed E-state index contributed by atoms with van der Waals surface area (Å²) >= 11 is 1.76. The molecule has 2 heterocycles. The zero-order valence-electron chi connectivity index (χ0n) is 12.1. The molecule has 2 aromatic heterocycles. The van der Waals surface area contributed by atoms with Crippen molar-refractivity contribution in [2.24, 2.45) is 5.84 Å². The maximum Gasteiger partial charge on any atom is 0.145 e. The van der Waals surface area contributed by atoms with Gasteiger partial charge in [-0.2, -0.15) is 0 Å². The van der Waals surface area contributed by atoms with Gasteiger partial charge in [-0.3, -0.25) is 0 Å². The Bertz CT molecular complexity index is 516. The number of rotatable bonds is 6. The lowest BCUT2D eigenvalue weighted by molar-refractivity contribution is 0.672. The van der Waals surface area contributed by atoms with Gasteiger partial charge in [0.25, 0.3) is 0 Å². The number of nitrogens with two attached hydrogens (primary N) is 1. The van der Waals surface area contributed by atoms with E-state index in [1.54, 1.807) is 11.3 Å². The molecule has 0 fully saturated rings. The summed E-state index contributed by atoms with van der Waals surface area (Å²) in [5.74, 6) is 7.86. The average Bonchev–Trinajstić information content (AvgIpc) is 2.96. The van der Waals surface area contributed by atoms with Gasteiger partial charge in [-0.05, 0) is 25.3 Å². The zero-order chi connectivity index (χ0) is 14.5. The highest BCUT2D eigenvalue weighted by molar-refractivity contribution is 7.09. The summed E-state index contributed by atoms with van der Waals surface area (Å²) in [7, 11) is 0. The van der Waals surface area contributed by atoms with Gasteiger partial charge < -0.3 is 10.3 Å². The minimum Gasteiger partial charge on any atom is -0.349 e. The van der Waals surface area contributed by atoms with Gasteiger partial charge in [0.05, 0.1) is 6.54 Å². The van der Waals surface area contributed by atoms with Crippen molar-refractivity contribution in [3.63, 3.8) is 0 Å². The second kappa shape index (κ2) is 6.67. The molecule has 0 amide bonds. The van der Waals surface area contributed by atoms with Crippen LogP contribution in [0, 0.1) is 0 Å². The Balaban J connectivity index is 2.33. The Morgan fingerprint density at radius 2 is 2.20 bits per heavy atom. The van der Waals surface area contributed by atoms with Crippen molar-refractivity contribution in [2.75, 3.05) is 10.3 Å². The number of nitrogens with one attached hydrogen (secondary N) is 1. The van der Waals surface area contributed by atoms with Gasteiger partial charge in [0.15, 0.2) is 0 Å². The van der Waals surface area contributed by atoms with Gasteiger partial charge in [0.2, 0.25) is 0 Å². The van der Waals surface area contributed by atoms with E-state index in [4.69, 9.17) is 5.84 Å². The van der Waals surface area contributed by atoms with Crippen LogP contribution >= 0.6 is 11.3 Å². The molecule has 2 rings (SSSR count). The maximum atomic E-state index is 5.50. The molecular weight excluding hydrogens is 270 g/mol. The van der Waals surface area contributed by atoms with Crippen LogP contribution in [0.2, 0.25) is 0 Å². The Hall–Kier alpha value is -1.66. The van der Waals surface area contributed by atoms with E-state index in [1.165, 1.54) is 4.88 Å². The van der Waals surface area contributed by atoms with E-state index in [1.807, 2.05) is 13.0 Å². The highest BCUT2D eigenvalue weighted by Crippen LogP contribution is 2.22. The van der Waals surface area contributed by atoms with Crippen molar-refractivity contribution in [1.82, 2.24) is 9.97 Å². The number of aryl methyl sites for hydroxylation is 1. The van der Waals surface area contributed by atoms with Crippen molar-refractivity contribution in [1.29, 1.82) is 0 Å². The molecule has 0 radical (unpaired) electrons. The summed E-state index contributed by atoms with van der Waals surface area (Å²) in [6.07, 6.45) is 0.785. The third-order valence-corrected chi connectivity index (χ3v) is 3.91. The van der Waals surface area contributed by atoms with Gasteiger partial charge in [-0.25, -0.2) is 15.8 Å². The molecule has 0 saturated heterocycles. The van der Waals surface area contributed by atoms with Crippen LogP contribution in [0.15, 0.2) is 23.6 Å². The molecule has 0 unspecified atom stereocenters. The van der Waals surface area contributed by atoms with Gasteiger partial charge in [0, 0.05) is 23.4 Å². The lowest BCUT2D eigenvalue weighted by atomic mass is 10.3. The van der Waals surface area contributed by atoms with Crippen molar-refractivity contribution in [3.8, 4) is 0 Å². The molecule has 20 heavy (non-hydrogen) atoms. The number of thiophene rings is 1. The van der Waals surface area contributed by atoms with Gasteiger partial charge in [0.1, 0.15) is 17.5 Å². The SMILES string of the molecule is CCc1nc(NN)cc(N(Cc2cccs2)C(C)C)n1. The molecule has 0 aliphatic heterocycles. The summed E-state index contributed by atoms with van der Waals surface area (Å²) in [5.41, 5.74) is 2.62. The first kappa shape index (κ1) is 14.7. The second-order valence-corrected chi connectivity index (χ2v) is 5.86. The molecule has 108 valence electrons. The Labute approximate surface area is 123 Å². The van der Waals surface area contributed by atoms with E-state index < -0.39 is 0 Å². The maximum absolute atomic E-state index is 5.50. The minimum atomic E-state index is 0.349. The van der Waals surface area contributed by atoms with Gasteiger partial charge in [-0.15, -0.1) is 11.3 Å². The third kappa shape index (κ3) is 3.46. The Morgan fingerprint density at radius 3 is 2.75 bits per heavy atom. The number of hydrogen-bond donors (Lipinski definition) is 2. The number of nitrogen functional groups attached to an aromatic ring is 1. The van der Waals surface area contributed by atoms with E-state index in [9.17, 15) is 0 Å². The van der Waals surface area contributed by atoms with E-state index in [0.717, 1.165) is 24.6 Å². The van der Waals surface area contributed by atoms with Crippen LogP contribution < -0.4 is 16.2 Å². The molecule has 0 aromatic carbocycles. The number of hydrogen-bond acceptors (Lipinski definition) is 6. The van der Waals surface area contributed by atoms with Gasteiger partial charge >= 0.3 is 0 Å². The van der Waals surface area contributed by atoms with Crippen LogP contribution in [-0.2, 0) is 13.0 Å². The predicted molar refractivity (Wildman–Crippen MR) is 84.9 cm³/mol. The Morgan fingerprint density at radius 1 is 1.40 bits per heavy atom. The molecule has 5 nitrogen and oxygen atoms in total. The van der Waals surface area contributed by atoms with Crippen LogP contribution in [0.25, 0.3) is 0 Å². The third-order valence-electron chi connectivity index (χ3n) is 3.05. The molecule has 2 aromatic rings. The number of anilines is 2. The quantitative estimate of drug-likeness (QED) is 0.633. The van der Waals surface area contributed by atoms with E-state index in [0.29, 0.717) is 11.9 Å². The highest BCUT2D eigenvalue weighted by atomic mass is 32.1. The molecule has 0 atom stereocenters. The topological polar surface area (TPSA) is 67.1 Å². The van der Waals surface area contributed by atoms with Crippen molar-refractivity contribution in [3.05, 3.63) is 34.3 Å². The van der Waals surface area contributed by atoms with Crippen molar-refractivity contribution in [2.45, 2.75) is 39.8 Å². The molecule has 6 heteroatoms. The molecular formula is C14H21N5S. The minimum absolute atomic E-state index is 0.349. The number of hydrazine groups is 1. The van der Waals surface area contributed by atoms with Crippen LogP contribution in [0.3, 0.4) is 0 Å². The number of aromatic nitrogens is 2. The smallest absolute Gasteiger partial charge is 0.145 e. The lowest BCUT2D eigenvalue weighted by Crippen LogP contribution is -2.31. The molecule has 0 aliphatic rings. The zero-order valence-corrected chi connectivity index (χ0v) is 12.9. The largest absolute Gasteiger partial charge is 0.349 e. The molecule has 0 bridgehead atoms. The first-order chi connectivity index (χ1) is 9.63. The van der Waals surface area contributed by atoms with Crippen molar-refractivity contribution >= 4 is 23.0 Å². The normalized spacial score (nSPS) is 10.8. The van der Waals surface area contributed by atoms with E-state index in [-0.39, 0.29) is 0 Å². The standard InChI is InChI=1S/C14H21N5S/c1-4-12-16-13(18-15)8-14(17-12)19(10(2)3)9-11-6-5-7-20-11/h5-8,10H,4,9,15H2,1-3H3,(H,16,17,18). The predicted octanol–water partition coefficient (Wildman–Crippen LogP) is 2.80. The summed E-state index contributed by atoms with van der Waals surface area (Å²) in [6.45, 7) is 7.21. The summed E-state index contributed by atoms with van der Waals surface area (Å²) in [5, 5.41) is 2.10. The molecule has 0 aliphatic carbocycles. The fraction of sp³-hybridized carbons (Fsp3) is 0.429. The summed E-state index contributed by atoms with van der Waals surface area (Å²) in [6, 6.07) is 6.46. The fourth-order valence-electron chi connectivity index (χ4n) is 1.96. The van der Waals surface area contributed by atoms with Gasteiger partial charge in [-0.1, -0.05) is 13.0 Å². The fourth-order valence-corrected chi connectivity index (χ4v) is 2.66. The molecule has 0 saturated carbocycles. The van der Waals surface area contributed by atoms with Crippen LogP contribution in [-0.4, -0.2) is 16.0 Å². The van der Waals surface area contributed by atoms with E-state index in [2.05, 4.69) is 51.7 Å². The summed E-state index contributed by atoms with van der Waals surface area (Å²) in [4.78, 5) is 12.5. The molecule has 3 N–H and O–H groups in total. The first-order valence-electron chi connectivity index (χ1n) is 6.77. The summed E-state index contributed by atoms with van der Waals surface area (Å²) < 4.78 is 0. The second-order valence-electron chi connectivity index (χ2n) is 4.83. The highest BCUT2D eigenvalue weighted by Gasteiger charge is 2.15. The van der Waals surface area contributed by atoms with E-state index >= 15 is 0 Å². The lowest BCUT2D eigenvalue weighted by Gasteiger charge is -2.28. The van der Waals surface area contributed by atoms with Crippen LogP contribution in [0.1, 0.15) is 31.5 Å². The molecule has 0 spiro atoms. The van der Waals surface area contributed by atoms with Crippen LogP contribution in [0.5, 0.6) is 0 Å². The van der Waals surface area contributed by atoms with Crippen molar-refractivity contribution < 1.29 is 0 Å².